The van der Waals surface area contributed by atoms with Crippen LogP contribution in [0.1, 0.15) is 103 Å². The van der Waals surface area contributed by atoms with Crippen LogP contribution in [-0.4, -0.2) is 4.83 Å². The Bertz CT molecular complexity index is 339. The first-order valence-corrected chi connectivity index (χ1v) is 11.8. The van der Waals surface area contributed by atoms with Gasteiger partial charge in [0.15, 0.2) is 0 Å². The van der Waals surface area contributed by atoms with E-state index in [0.29, 0.717) is 0 Å². The minimum absolute atomic E-state index is 0.837. The second kappa shape index (κ2) is 9.25. The molecule has 3 fully saturated rings. The third kappa shape index (κ3) is 4.99. The number of hydrogen-bond donors (Lipinski definition) is 0. The largest absolute Gasteiger partial charge is 0.0891 e. The minimum atomic E-state index is 0.837. The molecule has 0 N–H and O–H groups in total. The van der Waals surface area contributed by atoms with Crippen LogP contribution in [0.3, 0.4) is 0 Å². The monoisotopic (exact) mass is 382 g/mol. The molecule has 1 heteroatoms. The highest BCUT2D eigenvalue weighted by Gasteiger charge is 2.43. The first-order chi connectivity index (χ1) is 11.3. The molecule has 0 aromatic rings. The van der Waals surface area contributed by atoms with E-state index in [4.69, 9.17) is 0 Å². The Labute approximate surface area is 153 Å². The summed E-state index contributed by atoms with van der Waals surface area (Å²) in [7, 11) is 0. The van der Waals surface area contributed by atoms with Crippen molar-refractivity contribution in [3.63, 3.8) is 0 Å². The second-order valence-electron chi connectivity index (χ2n) is 9.07. The molecule has 0 saturated heterocycles. The zero-order valence-electron chi connectivity index (χ0n) is 15.4. The SMILES string of the molecule is CCCCCCCCC1CCC2C(CCC3CC(Br)CCC32)C1. The molecule has 23 heavy (non-hydrogen) atoms. The van der Waals surface area contributed by atoms with Crippen molar-refractivity contribution >= 4 is 15.9 Å². The number of halogens is 1. The van der Waals surface area contributed by atoms with Gasteiger partial charge in [0.25, 0.3) is 0 Å². The molecule has 3 aliphatic rings. The molecule has 3 rings (SSSR count). The van der Waals surface area contributed by atoms with E-state index >= 15 is 0 Å². The van der Waals surface area contributed by atoms with Gasteiger partial charge < -0.3 is 0 Å². The van der Waals surface area contributed by atoms with Gasteiger partial charge in [-0.25, -0.2) is 0 Å². The lowest BCUT2D eigenvalue weighted by molar-refractivity contribution is 0.0119. The average Bonchev–Trinajstić information content (AvgIpc) is 2.57. The summed E-state index contributed by atoms with van der Waals surface area (Å²) in [5.41, 5.74) is 0. The predicted molar refractivity (Wildman–Crippen MR) is 105 cm³/mol. The van der Waals surface area contributed by atoms with Gasteiger partial charge in [0.1, 0.15) is 0 Å². The maximum Gasteiger partial charge on any atom is 0.0148 e. The van der Waals surface area contributed by atoms with Crippen LogP contribution in [0.4, 0.5) is 0 Å². The van der Waals surface area contributed by atoms with Crippen molar-refractivity contribution in [1.29, 1.82) is 0 Å². The van der Waals surface area contributed by atoms with Crippen LogP contribution >= 0.6 is 15.9 Å². The third-order valence-electron chi connectivity index (χ3n) is 7.55. The van der Waals surface area contributed by atoms with E-state index in [-0.39, 0.29) is 0 Å². The Hall–Kier alpha value is 0.480. The standard InChI is InChI=1S/C22H39Br/c1-2-3-4-5-6-7-8-17-9-13-21-18(15-17)10-11-19-16-20(23)12-14-22(19)21/h17-22H,2-16H2,1H3. The molecule has 0 bridgehead atoms. The van der Waals surface area contributed by atoms with Crippen molar-refractivity contribution in [3.05, 3.63) is 0 Å². The van der Waals surface area contributed by atoms with Gasteiger partial charge in [-0.05, 0) is 74.5 Å². The Kier molecular flexibility index (Phi) is 7.35. The van der Waals surface area contributed by atoms with E-state index in [1.807, 2.05) is 0 Å². The molecule has 0 heterocycles. The average molecular weight is 383 g/mol. The van der Waals surface area contributed by atoms with Gasteiger partial charge in [0, 0.05) is 4.83 Å². The van der Waals surface area contributed by atoms with Crippen molar-refractivity contribution in [1.82, 2.24) is 0 Å². The van der Waals surface area contributed by atoms with Crippen molar-refractivity contribution in [2.45, 2.75) is 108 Å². The summed E-state index contributed by atoms with van der Waals surface area (Å²) in [5.74, 6) is 5.50. The molecule has 0 radical (unpaired) electrons. The maximum absolute atomic E-state index is 3.90. The first-order valence-electron chi connectivity index (χ1n) is 10.9. The van der Waals surface area contributed by atoms with E-state index in [1.165, 1.54) is 57.8 Å². The Morgan fingerprint density at radius 2 is 1.35 bits per heavy atom. The van der Waals surface area contributed by atoms with Crippen LogP contribution in [0.2, 0.25) is 0 Å². The topological polar surface area (TPSA) is 0 Å². The second-order valence-corrected chi connectivity index (χ2v) is 10.4. The van der Waals surface area contributed by atoms with Crippen LogP contribution in [0.25, 0.3) is 0 Å². The van der Waals surface area contributed by atoms with Crippen LogP contribution in [0, 0.1) is 29.6 Å². The van der Waals surface area contributed by atoms with Gasteiger partial charge >= 0.3 is 0 Å². The third-order valence-corrected chi connectivity index (χ3v) is 8.38. The van der Waals surface area contributed by atoms with Gasteiger partial charge in [0.2, 0.25) is 0 Å². The summed E-state index contributed by atoms with van der Waals surface area (Å²) in [4.78, 5) is 0.837. The lowest BCUT2D eigenvalue weighted by atomic mass is 9.56. The molecule has 3 aliphatic carbocycles. The highest BCUT2D eigenvalue weighted by molar-refractivity contribution is 9.09. The molecule has 0 aromatic heterocycles. The number of unbranched alkanes of at least 4 members (excludes halogenated alkanes) is 5. The van der Waals surface area contributed by atoms with Crippen molar-refractivity contribution in [2.24, 2.45) is 29.6 Å². The van der Waals surface area contributed by atoms with Crippen LogP contribution in [0.5, 0.6) is 0 Å². The zero-order chi connectivity index (χ0) is 16.1. The number of rotatable bonds is 7. The lowest BCUT2D eigenvalue weighted by Gasteiger charge is -2.50. The van der Waals surface area contributed by atoms with E-state index < -0.39 is 0 Å². The summed E-state index contributed by atoms with van der Waals surface area (Å²) >= 11 is 3.90. The van der Waals surface area contributed by atoms with E-state index in [0.717, 1.165) is 34.4 Å². The van der Waals surface area contributed by atoms with Crippen LogP contribution in [0.15, 0.2) is 0 Å². The van der Waals surface area contributed by atoms with Gasteiger partial charge in [0.05, 0.1) is 0 Å². The fourth-order valence-corrected chi connectivity index (χ4v) is 7.05. The quantitative estimate of drug-likeness (QED) is 0.311. The summed E-state index contributed by atoms with van der Waals surface area (Å²) in [6.45, 7) is 2.32. The Morgan fingerprint density at radius 3 is 2.13 bits per heavy atom. The van der Waals surface area contributed by atoms with Crippen molar-refractivity contribution in [3.8, 4) is 0 Å². The normalized spacial score (nSPS) is 40.4. The molecule has 0 nitrogen and oxygen atoms in total. The molecule has 3 saturated carbocycles. The summed E-state index contributed by atoms with van der Waals surface area (Å²) in [5, 5.41) is 0. The van der Waals surface area contributed by atoms with Gasteiger partial charge in [-0.15, -0.1) is 0 Å². The number of fused-ring (bicyclic) bond motifs is 3. The molecule has 0 aliphatic heterocycles. The molecule has 0 aromatic carbocycles. The van der Waals surface area contributed by atoms with E-state index in [1.54, 1.807) is 38.5 Å². The van der Waals surface area contributed by atoms with E-state index in [9.17, 15) is 0 Å². The summed E-state index contributed by atoms with van der Waals surface area (Å²) in [6.07, 6.45) is 22.7. The molecule has 6 unspecified atom stereocenters. The molecule has 0 spiro atoms. The lowest BCUT2D eigenvalue weighted by Crippen LogP contribution is -2.41. The predicted octanol–water partition coefficient (Wildman–Crippen LogP) is 7.74. The van der Waals surface area contributed by atoms with Gasteiger partial charge in [-0.1, -0.05) is 74.2 Å². The van der Waals surface area contributed by atoms with Crippen molar-refractivity contribution < 1.29 is 0 Å². The summed E-state index contributed by atoms with van der Waals surface area (Å²) < 4.78 is 0. The zero-order valence-corrected chi connectivity index (χ0v) is 17.0. The van der Waals surface area contributed by atoms with E-state index in [2.05, 4.69) is 22.9 Å². The van der Waals surface area contributed by atoms with Crippen LogP contribution < -0.4 is 0 Å². The molecule has 0 amide bonds. The first kappa shape index (κ1) is 18.3. The summed E-state index contributed by atoms with van der Waals surface area (Å²) in [6, 6.07) is 0. The molecule has 134 valence electrons. The highest BCUT2D eigenvalue weighted by atomic mass is 79.9. The highest BCUT2D eigenvalue weighted by Crippen LogP contribution is 2.53. The maximum atomic E-state index is 3.90. The molecular weight excluding hydrogens is 344 g/mol. The smallest absolute Gasteiger partial charge is 0.0148 e. The van der Waals surface area contributed by atoms with Crippen LogP contribution in [-0.2, 0) is 0 Å². The Balaban J connectivity index is 1.38. The van der Waals surface area contributed by atoms with Gasteiger partial charge in [-0.3, -0.25) is 0 Å². The van der Waals surface area contributed by atoms with Crippen molar-refractivity contribution in [2.75, 3.05) is 0 Å². The molecule has 6 atom stereocenters. The number of alkyl halides is 1. The fraction of sp³-hybridized carbons (Fsp3) is 1.00. The van der Waals surface area contributed by atoms with Gasteiger partial charge in [-0.2, -0.15) is 0 Å². The minimum Gasteiger partial charge on any atom is -0.0891 e. The number of hydrogen-bond acceptors (Lipinski definition) is 0. The fourth-order valence-electron chi connectivity index (χ4n) is 6.31. The Morgan fingerprint density at radius 1 is 0.696 bits per heavy atom. The molecular formula is C22H39Br.